The van der Waals surface area contributed by atoms with Gasteiger partial charge in [0, 0.05) is 41.1 Å². The van der Waals surface area contributed by atoms with E-state index in [1.54, 1.807) is 18.5 Å². The number of amides is 1. The Kier molecular flexibility index (Phi) is 6.14. The summed E-state index contributed by atoms with van der Waals surface area (Å²) in [5.74, 6) is 1.02. The zero-order valence-corrected chi connectivity index (χ0v) is 21.6. The van der Waals surface area contributed by atoms with Crippen LogP contribution in [0.3, 0.4) is 0 Å². The maximum Gasteiger partial charge on any atom is 0.244 e. The highest BCUT2D eigenvalue weighted by molar-refractivity contribution is 6.33. The summed E-state index contributed by atoms with van der Waals surface area (Å²) in [5.41, 5.74) is 2.07. The topological polar surface area (TPSA) is 85.9 Å². The molecule has 6 rings (SSSR count). The molecule has 36 heavy (non-hydrogen) atoms. The molecule has 1 saturated heterocycles. The van der Waals surface area contributed by atoms with Crippen LogP contribution >= 0.6 is 11.6 Å². The molecule has 1 amide bonds. The van der Waals surface area contributed by atoms with Crippen molar-refractivity contribution in [3.8, 4) is 0 Å². The summed E-state index contributed by atoms with van der Waals surface area (Å²) in [4.78, 5) is 30.9. The Morgan fingerprint density at radius 1 is 1.28 bits per heavy atom. The van der Waals surface area contributed by atoms with Crippen molar-refractivity contribution < 1.29 is 9.53 Å². The number of aromatic amines is 1. The third-order valence-electron chi connectivity index (χ3n) is 7.77. The van der Waals surface area contributed by atoms with Gasteiger partial charge in [0.2, 0.25) is 5.91 Å². The van der Waals surface area contributed by atoms with Crippen molar-refractivity contribution in [2.75, 3.05) is 38.1 Å². The summed E-state index contributed by atoms with van der Waals surface area (Å²) in [7, 11) is 0. The molecule has 1 atom stereocenters. The smallest absolute Gasteiger partial charge is 0.244 e. The van der Waals surface area contributed by atoms with Crippen LogP contribution in [-0.2, 0) is 9.53 Å². The maximum atomic E-state index is 13.7. The first-order valence-corrected chi connectivity index (χ1v) is 13.3. The van der Waals surface area contributed by atoms with E-state index in [0.717, 1.165) is 40.7 Å². The van der Waals surface area contributed by atoms with E-state index < -0.39 is 6.04 Å². The largest absolute Gasteiger partial charge is 0.372 e. The molecule has 0 unspecified atom stereocenters. The number of hydrogen-bond donors (Lipinski definition) is 2. The lowest BCUT2D eigenvalue weighted by Gasteiger charge is -2.43. The first kappa shape index (κ1) is 23.7. The van der Waals surface area contributed by atoms with Crippen LogP contribution in [0.2, 0.25) is 5.02 Å². The highest BCUT2D eigenvalue weighted by Crippen LogP contribution is 2.34. The number of fused-ring (bicyclic) bond motifs is 3. The number of carbonyl (C=O) groups excluding carboxylic acids is 1. The molecule has 9 heteroatoms. The van der Waals surface area contributed by atoms with Gasteiger partial charge in [0.15, 0.2) is 0 Å². The van der Waals surface area contributed by atoms with Gasteiger partial charge in [0.1, 0.15) is 11.9 Å². The Morgan fingerprint density at radius 3 is 2.94 bits per heavy atom. The molecular formula is C27H33ClN6O2. The molecule has 4 heterocycles. The second-order valence-corrected chi connectivity index (χ2v) is 11.3. The molecule has 190 valence electrons. The minimum atomic E-state index is -0.424. The molecule has 1 saturated carbocycles. The lowest BCUT2D eigenvalue weighted by Crippen LogP contribution is -2.60. The molecule has 0 radical (unpaired) electrons. The van der Waals surface area contributed by atoms with Crippen LogP contribution in [0.1, 0.15) is 39.5 Å². The molecule has 2 aromatic heterocycles. The van der Waals surface area contributed by atoms with E-state index in [0.29, 0.717) is 36.4 Å². The quantitative estimate of drug-likeness (QED) is 0.532. The average molecular weight is 509 g/mol. The van der Waals surface area contributed by atoms with Crippen LogP contribution in [0.5, 0.6) is 0 Å². The van der Waals surface area contributed by atoms with Gasteiger partial charge in [-0.15, -0.1) is 0 Å². The zero-order chi connectivity index (χ0) is 24.9. The predicted octanol–water partition coefficient (Wildman–Crippen LogP) is 4.44. The number of H-pyrrole nitrogens is 1. The molecule has 2 fully saturated rings. The lowest BCUT2D eigenvalue weighted by atomic mass is 10.0. The molecule has 0 spiro atoms. The van der Waals surface area contributed by atoms with Crippen LogP contribution in [-0.4, -0.2) is 82.0 Å². The van der Waals surface area contributed by atoms with Gasteiger partial charge in [0.25, 0.3) is 0 Å². The highest BCUT2D eigenvalue weighted by Gasteiger charge is 2.40. The van der Waals surface area contributed by atoms with E-state index in [2.05, 4.69) is 38.9 Å². The summed E-state index contributed by atoms with van der Waals surface area (Å²) < 4.78 is 6.12. The number of aliphatic imine (C=N–C) groups is 1. The number of rotatable bonds is 5. The summed E-state index contributed by atoms with van der Waals surface area (Å²) in [6.07, 6.45) is 8.61. The second kappa shape index (κ2) is 9.32. The molecule has 0 bridgehead atoms. The number of carbonyl (C=O) groups is 1. The number of nitrogens with one attached hydrogen (secondary N) is 2. The van der Waals surface area contributed by atoms with Crippen molar-refractivity contribution in [3.05, 3.63) is 35.6 Å². The summed E-state index contributed by atoms with van der Waals surface area (Å²) in [6.45, 7) is 7.63. The van der Waals surface area contributed by atoms with E-state index in [1.165, 1.54) is 25.7 Å². The fourth-order valence-electron chi connectivity index (χ4n) is 6.03. The van der Waals surface area contributed by atoms with Crippen molar-refractivity contribution in [1.82, 2.24) is 19.8 Å². The van der Waals surface area contributed by atoms with Gasteiger partial charge in [-0.3, -0.25) is 19.7 Å². The Hall–Kier alpha value is -2.68. The summed E-state index contributed by atoms with van der Waals surface area (Å²) in [6, 6.07) is 5.83. The Balaban J connectivity index is 1.26. The van der Waals surface area contributed by atoms with Crippen molar-refractivity contribution >= 4 is 50.8 Å². The Morgan fingerprint density at radius 2 is 2.11 bits per heavy atom. The van der Waals surface area contributed by atoms with Crippen LogP contribution in [0, 0.1) is 0 Å². The van der Waals surface area contributed by atoms with Crippen LogP contribution in [0.25, 0.3) is 21.8 Å². The normalized spacial score (nSPS) is 23.0. The maximum absolute atomic E-state index is 13.7. The minimum Gasteiger partial charge on any atom is -0.372 e. The van der Waals surface area contributed by atoms with Crippen LogP contribution in [0.4, 0.5) is 5.69 Å². The fraction of sp³-hybridized carbons (Fsp3) is 0.519. The summed E-state index contributed by atoms with van der Waals surface area (Å²) in [5, 5.41) is 5.71. The van der Waals surface area contributed by atoms with E-state index in [-0.39, 0.29) is 11.5 Å². The van der Waals surface area contributed by atoms with E-state index in [1.807, 2.05) is 12.1 Å². The SMILES string of the molecule is CC1(C)CN(CC2=NCCN2C2CCCC2)[C@H](C(=O)Nc2cc(Cl)cc3c2[nH]c2cnccc23)CO1. The standard InChI is InChI=1S/C27H33ClN6O2/c1-27(2)16-33(14-24-30-9-10-34(24)18-5-3-4-6-18)23(15-36-27)26(35)32-21-12-17(28)11-20-19-7-8-29-13-22(19)31-25(20)21/h7-8,11-13,18,23,31H,3-6,9-10,14-16H2,1-2H3,(H,32,35)/t23-/m0/s1. The van der Waals surface area contributed by atoms with Gasteiger partial charge < -0.3 is 19.9 Å². The Bertz CT molecular complexity index is 1330. The summed E-state index contributed by atoms with van der Waals surface area (Å²) >= 11 is 6.47. The number of anilines is 1. The van der Waals surface area contributed by atoms with Gasteiger partial charge in [-0.1, -0.05) is 24.4 Å². The number of ether oxygens (including phenoxy) is 1. The van der Waals surface area contributed by atoms with Gasteiger partial charge in [-0.05, 0) is 44.9 Å². The Labute approximate surface area is 216 Å². The number of nitrogens with zero attached hydrogens (tertiary/aromatic N) is 4. The van der Waals surface area contributed by atoms with Crippen molar-refractivity contribution in [2.24, 2.45) is 4.99 Å². The number of aromatic nitrogens is 2. The molecule has 2 aliphatic heterocycles. The van der Waals surface area contributed by atoms with E-state index in [4.69, 9.17) is 21.3 Å². The van der Waals surface area contributed by atoms with E-state index >= 15 is 0 Å². The monoisotopic (exact) mass is 508 g/mol. The number of pyridine rings is 1. The van der Waals surface area contributed by atoms with Gasteiger partial charge in [0.05, 0.1) is 48.2 Å². The number of amidine groups is 1. The lowest BCUT2D eigenvalue weighted by molar-refractivity contribution is -0.141. The third-order valence-corrected chi connectivity index (χ3v) is 7.99. The number of hydrogen-bond acceptors (Lipinski definition) is 6. The second-order valence-electron chi connectivity index (χ2n) is 10.8. The van der Waals surface area contributed by atoms with Gasteiger partial charge in [-0.2, -0.15) is 0 Å². The molecular weight excluding hydrogens is 476 g/mol. The van der Waals surface area contributed by atoms with Gasteiger partial charge >= 0.3 is 0 Å². The molecule has 8 nitrogen and oxygen atoms in total. The first-order valence-electron chi connectivity index (χ1n) is 12.9. The molecule has 3 aliphatic rings. The third kappa shape index (κ3) is 4.46. The molecule has 1 aliphatic carbocycles. The van der Waals surface area contributed by atoms with E-state index in [9.17, 15) is 4.79 Å². The first-order chi connectivity index (χ1) is 17.4. The van der Waals surface area contributed by atoms with Crippen LogP contribution in [0.15, 0.2) is 35.6 Å². The average Bonchev–Trinajstić information content (AvgIpc) is 3.58. The zero-order valence-electron chi connectivity index (χ0n) is 20.9. The highest BCUT2D eigenvalue weighted by atomic mass is 35.5. The predicted molar refractivity (Wildman–Crippen MR) is 144 cm³/mol. The minimum absolute atomic E-state index is 0.100. The molecule has 1 aromatic carbocycles. The fourth-order valence-corrected chi connectivity index (χ4v) is 6.25. The van der Waals surface area contributed by atoms with Gasteiger partial charge in [-0.25, -0.2) is 0 Å². The van der Waals surface area contributed by atoms with Crippen molar-refractivity contribution in [1.29, 1.82) is 0 Å². The van der Waals surface area contributed by atoms with Crippen molar-refractivity contribution in [2.45, 2.75) is 57.2 Å². The molecule has 2 N–H and O–H groups in total. The number of benzene rings is 1. The number of halogens is 1. The molecule has 3 aromatic rings. The van der Waals surface area contributed by atoms with Crippen LogP contribution < -0.4 is 5.32 Å². The van der Waals surface area contributed by atoms with Crippen molar-refractivity contribution in [3.63, 3.8) is 0 Å². The number of morpholine rings is 1.